The van der Waals surface area contributed by atoms with E-state index in [2.05, 4.69) is 18.2 Å². The molecule has 1 atom stereocenters. The average molecular weight is 211 g/mol. The Bertz CT molecular complexity index is 292. The van der Waals surface area contributed by atoms with E-state index < -0.39 is 0 Å². The Balaban J connectivity index is 2.20. The molecule has 0 N–H and O–H groups in total. The topological polar surface area (TPSA) is 9.23 Å². The highest BCUT2D eigenvalue weighted by atomic mass is 35.5. The summed E-state index contributed by atoms with van der Waals surface area (Å²) in [6, 6.07) is 8.31. The normalized spacial score (nSPS) is 22.2. The minimum absolute atomic E-state index is 0.277. The minimum atomic E-state index is 0.277. The van der Waals surface area contributed by atoms with E-state index in [9.17, 15) is 0 Å². The molecule has 1 heterocycles. The lowest BCUT2D eigenvalue weighted by Gasteiger charge is -2.24. The van der Waals surface area contributed by atoms with Crippen LogP contribution in [0.2, 0.25) is 0 Å². The van der Waals surface area contributed by atoms with Crippen molar-refractivity contribution < 1.29 is 4.74 Å². The number of hydrogen-bond donors (Lipinski definition) is 0. The quantitative estimate of drug-likeness (QED) is 0.677. The van der Waals surface area contributed by atoms with Gasteiger partial charge >= 0.3 is 0 Å². The summed E-state index contributed by atoms with van der Waals surface area (Å²) in [6.45, 7) is 0.890. The zero-order valence-corrected chi connectivity index (χ0v) is 8.96. The molecule has 1 aromatic rings. The van der Waals surface area contributed by atoms with Crippen LogP contribution in [-0.4, -0.2) is 6.61 Å². The molecule has 1 aliphatic rings. The lowest BCUT2D eigenvalue weighted by Crippen LogP contribution is -2.12. The lowest BCUT2D eigenvalue weighted by molar-refractivity contribution is 0.0145. The van der Waals surface area contributed by atoms with Gasteiger partial charge in [-0.25, -0.2) is 0 Å². The summed E-state index contributed by atoms with van der Waals surface area (Å²) < 4.78 is 5.75. The SMILES string of the molecule is ClCc1ccccc1C1CCCCO1. The Morgan fingerprint density at radius 1 is 1.29 bits per heavy atom. The first kappa shape index (κ1) is 10.0. The van der Waals surface area contributed by atoms with E-state index in [0.717, 1.165) is 13.0 Å². The third-order valence-corrected chi connectivity index (χ3v) is 3.01. The van der Waals surface area contributed by atoms with E-state index >= 15 is 0 Å². The first-order valence-electron chi connectivity index (χ1n) is 5.17. The van der Waals surface area contributed by atoms with Crippen molar-refractivity contribution in [2.75, 3.05) is 6.61 Å². The van der Waals surface area contributed by atoms with Gasteiger partial charge in [0.05, 0.1) is 6.10 Å². The number of hydrogen-bond acceptors (Lipinski definition) is 1. The Labute approximate surface area is 90.0 Å². The van der Waals surface area contributed by atoms with Gasteiger partial charge in [-0.1, -0.05) is 24.3 Å². The third-order valence-electron chi connectivity index (χ3n) is 2.73. The van der Waals surface area contributed by atoms with Gasteiger partial charge in [0.2, 0.25) is 0 Å². The fraction of sp³-hybridized carbons (Fsp3) is 0.500. The van der Waals surface area contributed by atoms with Crippen molar-refractivity contribution in [3.05, 3.63) is 35.4 Å². The molecule has 0 radical (unpaired) electrons. The highest BCUT2D eigenvalue weighted by molar-refractivity contribution is 6.17. The fourth-order valence-corrected chi connectivity index (χ4v) is 2.20. The number of rotatable bonds is 2. The van der Waals surface area contributed by atoms with Crippen LogP contribution in [0.5, 0.6) is 0 Å². The fourth-order valence-electron chi connectivity index (χ4n) is 1.96. The van der Waals surface area contributed by atoms with E-state index in [4.69, 9.17) is 16.3 Å². The van der Waals surface area contributed by atoms with Crippen molar-refractivity contribution in [3.8, 4) is 0 Å². The van der Waals surface area contributed by atoms with Crippen LogP contribution in [0.1, 0.15) is 36.5 Å². The number of benzene rings is 1. The van der Waals surface area contributed by atoms with Crippen LogP contribution in [0.15, 0.2) is 24.3 Å². The first-order valence-corrected chi connectivity index (χ1v) is 5.70. The van der Waals surface area contributed by atoms with Crippen molar-refractivity contribution in [3.63, 3.8) is 0 Å². The molecule has 1 aliphatic heterocycles. The number of ether oxygens (including phenoxy) is 1. The summed E-state index contributed by atoms with van der Waals surface area (Å²) in [4.78, 5) is 0. The molecule has 1 nitrogen and oxygen atoms in total. The molecule has 1 fully saturated rings. The first-order chi connectivity index (χ1) is 6.92. The van der Waals surface area contributed by atoms with Gasteiger partial charge in [-0.15, -0.1) is 11.6 Å². The molecule has 1 unspecified atom stereocenters. The Morgan fingerprint density at radius 2 is 2.14 bits per heavy atom. The predicted octanol–water partition coefficient (Wildman–Crippen LogP) is 3.67. The molecular weight excluding hydrogens is 196 g/mol. The van der Waals surface area contributed by atoms with Gasteiger partial charge in [-0.05, 0) is 30.4 Å². The monoisotopic (exact) mass is 210 g/mol. The van der Waals surface area contributed by atoms with Crippen LogP contribution in [0.3, 0.4) is 0 Å². The molecule has 2 rings (SSSR count). The average Bonchev–Trinajstić information content (AvgIpc) is 2.30. The maximum Gasteiger partial charge on any atom is 0.0828 e. The molecule has 14 heavy (non-hydrogen) atoms. The minimum Gasteiger partial charge on any atom is -0.374 e. The van der Waals surface area contributed by atoms with Crippen LogP contribution < -0.4 is 0 Å². The van der Waals surface area contributed by atoms with E-state index in [0.29, 0.717) is 5.88 Å². The zero-order chi connectivity index (χ0) is 9.80. The van der Waals surface area contributed by atoms with Crippen molar-refractivity contribution in [2.24, 2.45) is 0 Å². The maximum absolute atomic E-state index is 5.90. The molecule has 2 heteroatoms. The number of halogens is 1. The maximum atomic E-state index is 5.90. The van der Waals surface area contributed by atoms with Gasteiger partial charge in [0, 0.05) is 12.5 Å². The van der Waals surface area contributed by atoms with Crippen LogP contribution >= 0.6 is 11.6 Å². The highest BCUT2D eigenvalue weighted by Gasteiger charge is 2.17. The molecule has 0 aromatic heterocycles. The van der Waals surface area contributed by atoms with E-state index in [1.807, 2.05) is 6.07 Å². The molecule has 1 saturated heterocycles. The molecule has 1 aromatic carbocycles. The summed E-state index contributed by atoms with van der Waals surface area (Å²) in [5, 5.41) is 0. The van der Waals surface area contributed by atoms with E-state index in [-0.39, 0.29) is 6.10 Å². The van der Waals surface area contributed by atoms with Crippen molar-refractivity contribution >= 4 is 11.6 Å². The van der Waals surface area contributed by atoms with Crippen LogP contribution in [0, 0.1) is 0 Å². The summed E-state index contributed by atoms with van der Waals surface area (Å²) in [7, 11) is 0. The summed E-state index contributed by atoms with van der Waals surface area (Å²) in [6.07, 6.45) is 3.87. The molecule has 0 saturated carbocycles. The predicted molar refractivity (Wildman–Crippen MR) is 58.5 cm³/mol. The van der Waals surface area contributed by atoms with Gasteiger partial charge in [-0.2, -0.15) is 0 Å². The largest absolute Gasteiger partial charge is 0.374 e. The van der Waals surface area contributed by atoms with Crippen molar-refractivity contribution in [2.45, 2.75) is 31.2 Å². The van der Waals surface area contributed by atoms with Gasteiger partial charge < -0.3 is 4.74 Å². The summed E-state index contributed by atoms with van der Waals surface area (Å²) >= 11 is 5.90. The highest BCUT2D eigenvalue weighted by Crippen LogP contribution is 2.30. The van der Waals surface area contributed by atoms with Gasteiger partial charge in [-0.3, -0.25) is 0 Å². The van der Waals surface area contributed by atoms with Crippen LogP contribution in [0.25, 0.3) is 0 Å². The second-order valence-corrected chi connectivity index (χ2v) is 3.95. The Kier molecular flexibility index (Phi) is 3.44. The summed E-state index contributed by atoms with van der Waals surface area (Å²) in [5.74, 6) is 0.579. The van der Waals surface area contributed by atoms with Crippen LogP contribution in [-0.2, 0) is 10.6 Å². The summed E-state index contributed by atoms with van der Waals surface area (Å²) in [5.41, 5.74) is 2.49. The molecule has 0 aliphatic carbocycles. The van der Waals surface area contributed by atoms with Crippen LogP contribution in [0.4, 0.5) is 0 Å². The molecule has 0 spiro atoms. The third kappa shape index (κ3) is 2.10. The van der Waals surface area contributed by atoms with Crippen molar-refractivity contribution in [1.82, 2.24) is 0 Å². The Hall–Kier alpha value is -0.530. The second-order valence-electron chi connectivity index (χ2n) is 3.69. The van der Waals surface area contributed by atoms with Gasteiger partial charge in [0.1, 0.15) is 0 Å². The van der Waals surface area contributed by atoms with E-state index in [1.54, 1.807) is 0 Å². The zero-order valence-electron chi connectivity index (χ0n) is 8.21. The standard InChI is InChI=1S/C12H15ClO/c13-9-10-5-1-2-6-11(10)12-7-3-4-8-14-12/h1-2,5-6,12H,3-4,7-9H2. The van der Waals surface area contributed by atoms with Gasteiger partial charge in [0.15, 0.2) is 0 Å². The molecule has 0 bridgehead atoms. The molecule has 76 valence electrons. The molecular formula is C12H15ClO. The Morgan fingerprint density at radius 3 is 2.86 bits per heavy atom. The second kappa shape index (κ2) is 4.81. The lowest BCUT2D eigenvalue weighted by atomic mass is 9.97. The van der Waals surface area contributed by atoms with E-state index in [1.165, 1.54) is 24.0 Å². The van der Waals surface area contributed by atoms with Gasteiger partial charge in [0.25, 0.3) is 0 Å². The smallest absolute Gasteiger partial charge is 0.0828 e. The number of alkyl halides is 1. The van der Waals surface area contributed by atoms with Crippen molar-refractivity contribution in [1.29, 1.82) is 0 Å². The molecule has 0 amide bonds.